The largest absolute Gasteiger partial charge is 0.494 e. The van der Waals surface area contributed by atoms with Gasteiger partial charge in [0.25, 0.3) is 0 Å². The highest BCUT2D eigenvalue weighted by Crippen LogP contribution is 2.66. The minimum atomic E-state index is -0.254. The molecule has 7 nitrogen and oxygen atoms in total. The minimum Gasteiger partial charge on any atom is -0.405 e. The van der Waals surface area contributed by atoms with E-state index in [1.165, 1.54) is 281 Å². The highest BCUT2D eigenvalue weighted by Gasteiger charge is 2.55. The summed E-state index contributed by atoms with van der Waals surface area (Å²) in [6.45, 7) is 18.0. The van der Waals surface area contributed by atoms with Crippen LogP contribution in [-0.4, -0.2) is 65.4 Å². The summed E-state index contributed by atoms with van der Waals surface area (Å²) in [4.78, 5) is 24.6. The number of hydrogen-bond acceptors (Lipinski definition) is 7. The Morgan fingerprint density at radius 2 is 0.672 bits per heavy atom. The minimum absolute atomic E-state index is 0.0837. The van der Waals surface area contributed by atoms with Gasteiger partial charge in [-0.25, -0.2) is 0 Å². The molecule has 682 valence electrons. The van der Waals surface area contributed by atoms with E-state index >= 15 is 0 Å². The van der Waals surface area contributed by atoms with Gasteiger partial charge in [-0.3, -0.25) is 9.59 Å². The number of Topliss-reactive ketones (excluding diaryl/α,β-unsaturated/α-hetero) is 2. The first-order valence-corrected chi connectivity index (χ1v) is 56.6. The molecule has 0 bridgehead atoms. The number of unbranched alkanes of at least 4 members (excludes halogenated alkanes) is 9. The van der Waals surface area contributed by atoms with Crippen molar-refractivity contribution in [2.24, 2.45) is 0 Å². The van der Waals surface area contributed by atoms with Gasteiger partial charge in [0.1, 0.15) is 0 Å². The molecule has 0 amide bonds. The molecule has 2 aliphatic heterocycles. The van der Waals surface area contributed by atoms with E-state index in [2.05, 4.69) is 223 Å². The lowest BCUT2D eigenvalue weighted by atomic mass is 9.61. The van der Waals surface area contributed by atoms with Crippen LogP contribution in [0.2, 0.25) is 0 Å². The monoisotopic (exact) mass is 2000 g/mol. The Hall–Kier alpha value is -6.61. The lowest BCUT2D eigenvalue weighted by Gasteiger charge is -2.42. The molecule has 24 rings (SSSR count). The van der Waals surface area contributed by atoms with E-state index in [4.69, 9.17) is 23.4 Å². The molecule has 0 N–H and O–H groups in total. The van der Waals surface area contributed by atoms with Crippen LogP contribution in [0.4, 0.5) is 0 Å². The molecule has 12 aliphatic carbocycles. The summed E-state index contributed by atoms with van der Waals surface area (Å²) in [5.74, 6) is 0.507. The highest BCUT2D eigenvalue weighted by molar-refractivity contribution is 9.93. The van der Waals surface area contributed by atoms with Gasteiger partial charge < -0.3 is 23.4 Å². The first-order valence-electron chi connectivity index (χ1n) is 51.3. The summed E-state index contributed by atoms with van der Waals surface area (Å²) in [6.07, 6.45) is 48.7. The molecule has 2 heterocycles. The maximum absolute atomic E-state index is 12.3. The third-order valence-electron chi connectivity index (χ3n) is 33.2. The van der Waals surface area contributed by atoms with Crippen LogP contribution in [0.5, 0.6) is 0 Å². The number of aryl methyl sites for hydroxylation is 8. The molecule has 10 aromatic rings. The van der Waals surface area contributed by atoms with Gasteiger partial charge in [-0.2, -0.15) is 0 Å². The molecule has 14 aliphatic rings. The standard InChI is InChI=1S/C39H50.C22H36B2O5.C19H16Br2.C19H14O2.C19H18.Br2/c1-5-7-9-11-15-29-26-36(30(25-28(29)4)16-12-10-8-6-2)32-21-22-35-34-20-19-27(3)31-17-13-23-39(37(31)34)24-14-18-33(32)38(35)39;1-3-5-6-7-9-19-17-22(24-28-15-16-29-24)20(10-8-12-25-11-4-2)18-21(19)23-26-13-14-27-23;20-15-7-5-11-12-6-8-16(21)14-4-2-10-19(18(12)14)9-1-3-13(15)17(11)19;20-15-7-9-19-10-8-16(21)14-6-2-4-12(18(14)19)11-3-1-5-13(15)17(11)19;1-5-13-7-3-11-19-12-4-8-14-6-2-10-16(18(14)19)15(9-1)17(13)19;1-2/h19-22,25-26H,5-18,23-24H2,1-4H3;17-18H,3-16H2,1-2H3;5-8H,1-4,9-10H2;1-6H,7-10H2;1-2,5-6,9-10H,3-4,7-8,11-12H2;. The van der Waals surface area contributed by atoms with Crippen molar-refractivity contribution in [2.45, 2.75) is 320 Å². The average molecular weight is 2010 g/mol. The second-order valence-electron chi connectivity index (χ2n) is 40.6. The fourth-order valence-corrected chi connectivity index (χ4v) is 28.8. The van der Waals surface area contributed by atoms with Crippen LogP contribution in [0.25, 0.3) is 55.6 Å². The molecule has 0 aromatic heterocycles. The van der Waals surface area contributed by atoms with Crippen molar-refractivity contribution in [3.05, 3.63) is 277 Å². The Kier molecular flexibility index (Phi) is 29.2. The SMILES string of the molecule is BrBr.Brc1ccc2c3c1CCCC31CCCc3c(Br)ccc-2c31.CCCCCCc1cc(-c2ccc3c4c2CCCC42CCCc4c(C)ccc-3c42)c(CCCCCC)cc1C.CCCCCCc1cc(B2OCCO2)c(CCCOCCC)cc1B1OCCO1.O=C1CCC23CCC(=O)c4cccc(c42)-c2cccc1c23.c1cc2c3c(c1)-c1cccc4c1C3(CCC2)CCC4. The third kappa shape index (κ3) is 17.1. The number of rotatable bonds is 24. The van der Waals surface area contributed by atoms with Crippen LogP contribution in [0.1, 0.15) is 352 Å². The van der Waals surface area contributed by atoms with Gasteiger partial charge in [-0.05, 0) is 390 Å². The van der Waals surface area contributed by atoms with Crippen LogP contribution in [0.3, 0.4) is 0 Å². The third-order valence-corrected chi connectivity index (χ3v) is 34.6. The van der Waals surface area contributed by atoms with Crippen molar-refractivity contribution in [2.75, 3.05) is 39.6 Å². The summed E-state index contributed by atoms with van der Waals surface area (Å²) in [5.41, 5.74) is 51.1. The van der Waals surface area contributed by atoms with E-state index in [1.807, 2.05) is 24.3 Å². The predicted molar refractivity (Wildman–Crippen MR) is 558 cm³/mol. The first kappa shape index (κ1) is 93.4. The van der Waals surface area contributed by atoms with E-state index < -0.39 is 0 Å². The van der Waals surface area contributed by atoms with Crippen molar-refractivity contribution in [1.29, 1.82) is 0 Å². The smallest absolute Gasteiger partial charge is 0.405 e. The Bertz CT molecular complexity index is 5740. The molecule has 131 heavy (non-hydrogen) atoms. The van der Waals surface area contributed by atoms with Crippen LogP contribution in [-0.2, 0) is 109 Å². The van der Waals surface area contributed by atoms with Gasteiger partial charge in [0, 0.05) is 96.0 Å². The zero-order valence-electron chi connectivity index (χ0n) is 78.9. The number of fused-ring (bicyclic) bond motifs is 4. The lowest BCUT2D eigenvalue weighted by Crippen LogP contribution is -2.41. The van der Waals surface area contributed by atoms with Gasteiger partial charge >= 0.3 is 14.2 Å². The molecule has 2 fully saturated rings. The quantitative estimate of drug-likeness (QED) is 0.0440. The molecule has 0 radical (unpaired) electrons. The summed E-state index contributed by atoms with van der Waals surface area (Å²) in [6, 6.07) is 55.1. The summed E-state index contributed by atoms with van der Waals surface area (Å²) in [5, 5.41) is 0. The topological polar surface area (TPSA) is 80.3 Å². The molecule has 1 atom stereocenters. The molecule has 13 heteroatoms. The first-order chi connectivity index (χ1) is 64.3. The van der Waals surface area contributed by atoms with E-state index in [1.54, 1.807) is 111 Å². The lowest BCUT2D eigenvalue weighted by molar-refractivity contribution is 0.0934. The molecular formula is C118H134B2Br4O7. The zero-order valence-corrected chi connectivity index (χ0v) is 85.3. The van der Waals surface area contributed by atoms with Crippen LogP contribution < -0.4 is 10.9 Å². The molecule has 2 saturated heterocycles. The summed E-state index contributed by atoms with van der Waals surface area (Å²) >= 11 is 13.1. The molecule has 0 saturated carbocycles. The number of carbonyl (C=O) groups is 2. The van der Waals surface area contributed by atoms with Gasteiger partial charge in [-0.15, -0.1) is 0 Å². The fraction of sp³-hybridized carbons (Fsp3) is 0.475. The van der Waals surface area contributed by atoms with Crippen molar-refractivity contribution in [3.8, 4) is 55.6 Å². The molecule has 10 aromatic carbocycles. The molecular weight excluding hydrogens is 1870 g/mol. The van der Waals surface area contributed by atoms with E-state index in [0.717, 1.165) is 62.9 Å². The normalized spacial score (nSPS) is 18.9. The van der Waals surface area contributed by atoms with Crippen molar-refractivity contribution < 1.29 is 32.9 Å². The maximum Gasteiger partial charge on any atom is 0.494 e. The Labute approximate surface area is 815 Å². The van der Waals surface area contributed by atoms with Crippen molar-refractivity contribution in [3.63, 3.8) is 0 Å². The predicted octanol–water partition coefficient (Wildman–Crippen LogP) is 30.2. The van der Waals surface area contributed by atoms with Gasteiger partial charge in [0.15, 0.2) is 11.6 Å². The second kappa shape index (κ2) is 41.0. The zero-order chi connectivity index (χ0) is 90.1. The van der Waals surface area contributed by atoms with Gasteiger partial charge in [0.05, 0.1) is 26.4 Å². The molecule has 1 unspecified atom stereocenters. The number of carbonyl (C=O) groups excluding carboxylic acids is 2. The van der Waals surface area contributed by atoms with E-state index in [9.17, 15) is 9.59 Å². The Balaban J connectivity index is 0.000000108. The van der Waals surface area contributed by atoms with E-state index in [0.29, 0.717) is 50.1 Å². The molecule has 4 spiro atoms. The van der Waals surface area contributed by atoms with Crippen molar-refractivity contribution in [1.82, 2.24) is 0 Å². The number of hydrogen-bond donors (Lipinski definition) is 0. The maximum atomic E-state index is 12.3. The summed E-state index contributed by atoms with van der Waals surface area (Å²) in [7, 11) is -0.499. The van der Waals surface area contributed by atoms with Gasteiger partial charge in [0.2, 0.25) is 0 Å². The van der Waals surface area contributed by atoms with Crippen LogP contribution in [0, 0.1) is 13.8 Å². The van der Waals surface area contributed by atoms with E-state index in [-0.39, 0.29) is 36.6 Å². The van der Waals surface area contributed by atoms with Crippen molar-refractivity contribution >= 4 is 96.8 Å². The Morgan fingerprint density at radius 1 is 0.305 bits per heavy atom. The average Bonchev–Trinajstić information content (AvgIpc) is 1.56. The number of ketones is 2. The van der Waals surface area contributed by atoms with Crippen LogP contribution >= 0.6 is 60.1 Å². The summed E-state index contributed by atoms with van der Waals surface area (Å²) < 4.78 is 31.8. The van der Waals surface area contributed by atoms with Gasteiger partial charge in [-0.1, -0.05) is 251 Å². The number of ether oxygens (including phenoxy) is 1. The number of benzene rings is 10. The second-order valence-corrected chi connectivity index (χ2v) is 42.3. The highest BCUT2D eigenvalue weighted by atomic mass is 80.9. The van der Waals surface area contributed by atoms with Crippen LogP contribution in [0.15, 0.2) is 155 Å². The number of halogens is 4. The Morgan fingerprint density at radius 3 is 1.15 bits per heavy atom. The fourth-order valence-electron chi connectivity index (χ4n) is 27.7.